The van der Waals surface area contributed by atoms with Gasteiger partial charge in [-0.05, 0) is 286 Å². The maximum atomic E-state index is 11.6. The number of carbonyl (C=O) groups excluding carboxylic acids is 4. The van der Waals surface area contributed by atoms with E-state index in [1.165, 1.54) is 87.4 Å². The van der Waals surface area contributed by atoms with E-state index in [2.05, 4.69) is 247 Å². The number of nitrogens with one attached hydrogen (secondary N) is 1. The first-order valence-electron chi connectivity index (χ1n) is 46.6. The zero-order chi connectivity index (χ0) is 94.4. The number of rotatable bonds is 40. The highest BCUT2D eigenvalue weighted by Crippen LogP contribution is 2.31. The average Bonchev–Trinajstić information content (AvgIpc) is 0.868. The predicted molar refractivity (Wildman–Crippen MR) is 520 cm³/mol. The van der Waals surface area contributed by atoms with Crippen LogP contribution in [0.1, 0.15) is 281 Å². The topological polar surface area (TPSA) is 238 Å². The molecule has 1 aliphatic carbocycles. The second-order valence-corrected chi connectivity index (χ2v) is 36.1. The second-order valence-electron chi connectivity index (χ2n) is 36.1. The monoisotopic (exact) mass is 1750 g/mol. The van der Waals surface area contributed by atoms with Gasteiger partial charge in [-0.15, -0.1) is 0 Å². The Bertz CT molecular complexity index is 4240. The third kappa shape index (κ3) is 56.6. The fourth-order valence-corrected chi connectivity index (χ4v) is 14.3. The molecule has 8 aromatic rings. The summed E-state index contributed by atoms with van der Waals surface area (Å²) in [6, 6.07) is 65.9. The van der Waals surface area contributed by atoms with Crippen LogP contribution in [0.25, 0.3) is 0 Å². The minimum atomic E-state index is -0.863. The third-order valence-electron chi connectivity index (χ3n) is 20.4. The van der Waals surface area contributed by atoms with E-state index in [-0.39, 0.29) is 42.6 Å². The lowest BCUT2D eigenvalue weighted by atomic mass is 9.82. The average molecular weight is 1750 g/mol. The third-order valence-corrected chi connectivity index (χ3v) is 20.4. The molecule has 16 heteroatoms. The Kier molecular flexibility index (Phi) is 59.7. The van der Waals surface area contributed by atoms with Crippen molar-refractivity contribution in [3.05, 3.63) is 278 Å². The van der Waals surface area contributed by atoms with E-state index in [0.29, 0.717) is 91.6 Å². The van der Waals surface area contributed by atoms with Crippen LogP contribution in [0, 0.1) is 53.3 Å². The zero-order valence-corrected chi connectivity index (χ0v) is 81.0. The van der Waals surface area contributed by atoms with Crippen LogP contribution in [0.4, 0.5) is 0 Å². The first-order chi connectivity index (χ1) is 60.5. The van der Waals surface area contributed by atoms with Crippen molar-refractivity contribution in [1.29, 1.82) is 0 Å². The number of methoxy groups -OCH3 is 2. The second kappa shape index (κ2) is 67.1. The smallest absolute Gasteiger partial charge is 0.337 e. The lowest BCUT2D eigenvalue weighted by molar-refractivity contribution is -0.147. The Labute approximate surface area is 764 Å². The molecule has 16 nitrogen and oxygen atoms in total. The number of carbonyl (C=O) groups is 7. The summed E-state index contributed by atoms with van der Waals surface area (Å²) in [7, 11) is 4.84. The number of aryl methyl sites for hydroxylation is 5. The molecule has 2 atom stereocenters. The minimum Gasteiger partial charge on any atom is -0.493 e. The molecule has 1 aliphatic rings. The molecule has 1 fully saturated rings. The highest BCUT2D eigenvalue weighted by molar-refractivity contribution is 5.89. The van der Waals surface area contributed by atoms with Crippen molar-refractivity contribution in [2.45, 2.75) is 272 Å². The summed E-state index contributed by atoms with van der Waals surface area (Å²) >= 11 is 0. The standard InChI is InChI=1S/C19H28O3.C16H24O2.C15H22O2.C14H20O2.C13H18O2.C12H19N.C12H16O2.C10H12O2/c1-14(2)11-15-7-9-18(10-8-15)22-13-16-5-4-6-17(12-16)19(20)21-3;1-4-18-16(17)7-5-6-14-8-10-15(11-9-14)12-13(2)3;1-4-17-15(16)10-9-13-5-7-14(8-6-13)11-12(2)3;1-11(2)10-13-8-6-12(7-9-13)4-3-5-14(15)16;1-10(2)9-12-5-3-11(4-6-12)7-8-13(14)15;1-10(2)8-11-4-6-12(7-5-11)9-13-3;1-9(2)8-10-4-6-11(7-5-10)12(13)14-3;1-2-3-8-4-6-9(7-5-8)10(11)12/h7-10,14,16-17H,4-6,11-13H2,1-3H3;8-11,13H,4-7,12H2,1-3H3;5-8,12H,4,9-11H2,1-3H3;6-9,11H,3-5,10H2,1-2H3,(H,15,16);3-6,10H,7-9H2,1-2H3,(H,14,15);4-7,10,13H,8-9H2,1-3H3;4-7,9H,8H2,1-3H3;4-7H,2-3H2,1H3,(H,11,12)/t16-,17+;;;;;;;/m1......./s1. The van der Waals surface area contributed by atoms with Gasteiger partial charge < -0.3 is 44.3 Å². The van der Waals surface area contributed by atoms with Crippen LogP contribution >= 0.6 is 0 Å². The lowest BCUT2D eigenvalue weighted by Crippen LogP contribution is -2.27. The molecule has 9 rings (SSSR count). The number of hydrogen-bond acceptors (Lipinski definition) is 13. The van der Waals surface area contributed by atoms with E-state index in [0.717, 1.165) is 133 Å². The summed E-state index contributed by atoms with van der Waals surface area (Å²) in [5.41, 5.74) is 17.8. The van der Waals surface area contributed by atoms with Crippen LogP contribution in [-0.2, 0) is 127 Å². The summed E-state index contributed by atoms with van der Waals surface area (Å²) in [5.74, 6) is 3.35. The van der Waals surface area contributed by atoms with Gasteiger partial charge in [0.25, 0.3) is 0 Å². The Morgan fingerprint density at radius 1 is 0.354 bits per heavy atom. The Hall–Kier alpha value is -10.2. The number of ether oxygens (including phenoxy) is 5. The number of benzene rings is 8. The summed E-state index contributed by atoms with van der Waals surface area (Å²) in [4.78, 5) is 76.4. The molecular formula is C111H159NO15. The van der Waals surface area contributed by atoms with Gasteiger partial charge >= 0.3 is 41.8 Å². The Balaban J connectivity index is 0.000000495. The predicted octanol–water partition coefficient (Wildman–Crippen LogP) is 25.2. The molecule has 0 unspecified atom stereocenters. The molecule has 0 heterocycles. The van der Waals surface area contributed by atoms with Crippen LogP contribution in [-0.4, -0.2) is 98.2 Å². The largest absolute Gasteiger partial charge is 0.493 e. The van der Waals surface area contributed by atoms with E-state index in [1.807, 2.05) is 69.4 Å². The van der Waals surface area contributed by atoms with Gasteiger partial charge in [-0.3, -0.25) is 24.0 Å². The number of hydrogen-bond donors (Lipinski definition) is 4. The van der Waals surface area contributed by atoms with Gasteiger partial charge in [-0.2, -0.15) is 0 Å². The normalized spacial score (nSPS) is 12.4. The van der Waals surface area contributed by atoms with Gasteiger partial charge in [0, 0.05) is 32.2 Å². The van der Waals surface area contributed by atoms with Crippen molar-refractivity contribution in [2.75, 3.05) is 41.1 Å². The molecule has 0 radical (unpaired) electrons. The highest BCUT2D eigenvalue weighted by Gasteiger charge is 2.28. The SMILES string of the molecule is CC(C)Cc1ccc(CCC(=O)O)cc1.CC(C)Cc1ccc(CCCC(=O)O)cc1.CCCc1ccc(C(=O)O)cc1.CCOC(=O)CCCc1ccc(CC(C)C)cc1.CCOC(=O)CCc1ccc(CC(C)C)cc1.CNCc1ccc(CC(C)C)cc1.COC(=O)[C@H]1CCC[C@@H](COc2ccc(CC(C)C)cc2)C1.COC(=O)c1ccc(CC(C)C)cc1. The molecule has 4 N–H and O–H groups in total. The van der Waals surface area contributed by atoms with E-state index in [9.17, 15) is 33.6 Å². The van der Waals surface area contributed by atoms with E-state index >= 15 is 0 Å². The van der Waals surface area contributed by atoms with Crippen molar-refractivity contribution in [2.24, 2.45) is 53.3 Å². The van der Waals surface area contributed by atoms with Crippen molar-refractivity contribution in [3.63, 3.8) is 0 Å². The lowest BCUT2D eigenvalue weighted by Gasteiger charge is -2.27. The fraction of sp³-hybridized carbons (Fsp3) is 0.505. The summed E-state index contributed by atoms with van der Waals surface area (Å²) in [6.45, 7) is 39.4. The zero-order valence-electron chi connectivity index (χ0n) is 81.0. The van der Waals surface area contributed by atoms with Crippen molar-refractivity contribution in [1.82, 2.24) is 5.32 Å². The number of carboxylic acids is 3. The molecule has 0 bridgehead atoms. The van der Waals surface area contributed by atoms with Crippen LogP contribution in [0.15, 0.2) is 194 Å². The first-order valence-corrected chi connectivity index (χ1v) is 46.6. The van der Waals surface area contributed by atoms with E-state index in [1.54, 1.807) is 12.1 Å². The van der Waals surface area contributed by atoms with Crippen LogP contribution < -0.4 is 10.1 Å². The van der Waals surface area contributed by atoms with Gasteiger partial charge in [-0.25, -0.2) is 9.59 Å². The van der Waals surface area contributed by atoms with Gasteiger partial charge in [0.05, 0.1) is 51.1 Å². The molecule has 698 valence electrons. The van der Waals surface area contributed by atoms with Gasteiger partial charge in [-0.1, -0.05) is 274 Å². The number of esters is 4. The van der Waals surface area contributed by atoms with E-state index in [4.69, 9.17) is 34.3 Å². The van der Waals surface area contributed by atoms with Crippen LogP contribution in [0.2, 0.25) is 0 Å². The van der Waals surface area contributed by atoms with Gasteiger partial charge in [0.15, 0.2) is 0 Å². The van der Waals surface area contributed by atoms with Gasteiger partial charge in [0.2, 0.25) is 0 Å². The maximum Gasteiger partial charge on any atom is 0.337 e. The van der Waals surface area contributed by atoms with Gasteiger partial charge in [0.1, 0.15) is 5.75 Å². The molecule has 0 aromatic heterocycles. The highest BCUT2D eigenvalue weighted by atomic mass is 16.5. The summed E-state index contributed by atoms with van der Waals surface area (Å²) in [5, 5.41) is 28.8. The molecule has 0 aliphatic heterocycles. The van der Waals surface area contributed by atoms with Crippen molar-refractivity contribution >= 4 is 41.8 Å². The molecular weight excluding hydrogens is 1590 g/mol. The Morgan fingerprint density at radius 3 is 0.992 bits per heavy atom. The summed E-state index contributed by atoms with van der Waals surface area (Å²) < 4.78 is 25.2. The number of aliphatic carboxylic acids is 2. The maximum absolute atomic E-state index is 11.6. The van der Waals surface area contributed by atoms with Crippen molar-refractivity contribution in [3.8, 4) is 5.75 Å². The molecule has 0 spiro atoms. The quantitative estimate of drug-likeness (QED) is 0.0206. The Morgan fingerprint density at radius 2 is 0.661 bits per heavy atom. The van der Waals surface area contributed by atoms with Crippen LogP contribution in [0.5, 0.6) is 5.75 Å². The molecule has 0 saturated heterocycles. The molecule has 127 heavy (non-hydrogen) atoms. The molecule has 0 amide bonds. The minimum absolute atomic E-state index is 0.0563. The van der Waals surface area contributed by atoms with E-state index < -0.39 is 17.9 Å². The summed E-state index contributed by atoms with van der Waals surface area (Å²) in [6.07, 6.45) is 20.1. The molecule has 8 aromatic carbocycles. The van der Waals surface area contributed by atoms with Crippen LogP contribution in [0.3, 0.4) is 0 Å². The molecule has 1 saturated carbocycles. The number of carboxylic acid groups (broad SMARTS) is 3. The van der Waals surface area contributed by atoms with Crippen molar-refractivity contribution < 1.29 is 72.6 Å². The fourth-order valence-electron chi connectivity index (χ4n) is 14.3. The number of aromatic carboxylic acids is 1. The first kappa shape index (κ1) is 113.